The van der Waals surface area contributed by atoms with Crippen LogP contribution in [0.15, 0.2) is 17.4 Å². The Morgan fingerprint density at radius 3 is 2.62 bits per heavy atom. The molecular weight excluding hydrogens is 280 g/mol. The van der Waals surface area contributed by atoms with Crippen molar-refractivity contribution < 1.29 is 24.3 Å². The molecule has 3 N–H and O–H groups in total. The first-order valence-electron chi connectivity index (χ1n) is 5.93. The van der Waals surface area contributed by atoms with E-state index in [-0.39, 0.29) is 11.6 Å². The van der Waals surface area contributed by atoms with Gasteiger partial charge in [-0.25, -0.2) is 19.6 Å². The molecular formula is C12H16N4O5. The van der Waals surface area contributed by atoms with Crippen LogP contribution in [0.2, 0.25) is 0 Å². The van der Waals surface area contributed by atoms with Crippen LogP contribution in [0.3, 0.4) is 0 Å². The quantitative estimate of drug-likeness (QED) is 0.446. The van der Waals surface area contributed by atoms with Gasteiger partial charge in [-0.1, -0.05) is 5.16 Å². The third kappa shape index (κ3) is 5.85. The van der Waals surface area contributed by atoms with Crippen molar-refractivity contribution >= 4 is 23.5 Å². The van der Waals surface area contributed by atoms with Crippen molar-refractivity contribution in [2.24, 2.45) is 5.16 Å². The second kappa shape index (κ2) is 6.64. The van der Waals surface area contributed by atoms with Gasteiger partial charge in [0.15, 0.2) is 5.82 Å². The van der Waals surface area contributed by atoms with E-state index in [4.69, 9.17) is 15.6 Å². The van der Waals surface area contributed by atoms with Crippen molar-refractivity contribution in [2.75, 3.05) is 12.3 Å². The normalized spacial score (nSPS) is 11.9. The highest BCUT2D eigenvalue weighted by molar-refractivity contribution is 6.41. The number of anilines is 1. The second-order valence-corrected chi connectivity index (χ2v) is 4.91. The van der Waals surface area contributed by atoms with Crippen molar-refractivity contribution in [3.63, 3.8) is 0 Å². The Hall–Kier alpha value is -2.71. The summed E-state index contributed by atoms with van der Waals surface area (Å²) in [5.41, 5.74) is 4.19. The lowest BCUT2D eigenvalue weighted by atomic mass is 10.2. The number of carbonyl (C=O) groups is 2. The first-order chi connectivity index (χ1) is 9.69. The number of aliphatic carboxylic acids is 1. The molecule has 0 bridgehead atoms. The van der Waals surface area contributed by atoms with E-state index in [2.05, 4.69) is 20.0 Å². The van der Waals surface area contributed by atoms with Gasteiger partial charge in [-0.3, -0.25) is 0 Å². The average molecular weight is 296 g/mol. The Bertz CT molecular complexity index is 565. The number of hydrogen-bond donors (Lipinski definition) is 2. The molecule has 0 fully saturated rings. The molecule has 0 spiro atoms. The summed E-state index contributed by atoms with van der Waals surface area (Å²) in [6.07, 6.45) is 1.28. The number of nitrogens with zero attached hydrogens (tertiary/aromatic N) is 3. The van der Waals surface area contributed by atoms with E-state index in [1.807, 2.05) is 0 Å². The fraction of sp³-hybridized carbons (Fsp3) is 0.417. The van der Waals surface area contributed by atoms with Gasteiger partial charge >= 0.3 is 11.9 Å². The zero-order valence-corrected chi connectivity index (χ0v) is 11.9. The molecule has 9 heteroatoms. The number of carboxylic acid groups (broad SMARTS) is 1. The number of carbonyl (C=O) groups excluding carboxylic acids is 1. The standard InChI is InChI=1S/C12H16N4O5/c1-12(2,3)21-8(17)6-20-16-9(11(18)19)10-14-5-4-7(13)15-10/h4-5H,6H2,1-3H3,(H,18,19)(H2,13,14,15). The molecule has 21 heavy (non-hydrogen) atoms. The van der Waals surface area contributed by atoms with Crippen LogP contribution in [0, 0.1) is 0 Å². The summed E-state index contributed by atoms with van der Waals surface area (Å²) in [4.78, 5) is 34.6. The maximum Gasteiger partial charge on any atom is 0.361 e. The highest BCUT2D eigenvalue weighted by atomic mass is 16.7. The van der Waals surface area contributed by atoms with E-state index in [1.54, 1.807) is 20.8 Å². The number of rotatable bonds is 5. The number of nitrogens with two attached hydrogens (primary N) is 1. The molecule has 1 rings (SSSR count). The molecule has 0 saturated heterocycles. The zero-order chi connectivity index (χ0) is 16.0. The van der Waals surface area contributed by atoms with Crippen LogP contribution in [0.25, 0.3) is 0 Å². The number of ether oxygens (including phenoxy) is 1. The predicted molar refractivity (Wildman–Crippen MR) is 72.4 cm³/mol. The maximum absolute atomic E-state index is 11.4. The number of esters is 1. The van der Waals surface area contributed by atoms with Gasteiger partial charge in [0.05, 0.1) is 0 Å². The zero-order valence-electron chi connectivity index (χ0n) is 11.9. The molecule has 9 nitrogen and oxygen atoms in total. The Labute approximate surface area is 120 Å². The van der Waals surface area contributed by atoms with Gasteiger partial charge in [-0.05, 0) is 26.8 Å². The SMILES string of the molecule is CC(C)(C)OC(=O)CON=C(C(=O)O)c1nccc(N)n1. The summed E-state index contributed by atoms with van der Waals surface area (Å²) >= 11 is 0. The van der Waals surface area contributed by atoms with E-state index >= 15 is 0 Å². The van der Waals surface area contributed by atoms with Crippen LogP contribution in [0.1, 0.15) is 26.6 Å². The van der Waals surface area contributed by atoms with Gasteiger partial charge in [-0.2, -0.15) is 0 Å². The molecule has 0 unspecified atom stereocenters. The first kappa shape index (κ1) is 16.3. The summed E-state index contributed by atoms with van der Waals surface area (Å²) in [6, 6.07) is 1.39. The van der Waals surface area contributed by atoms with Crippen LogP contribution >= 0.6 is 0 Å². The number of oxime groups is 1. The van der Waals surface area contributed by atoms with Crippen LogP contribution in [0.4, 0.5) is 5.82 Å². The van der Waals surface area contributed by atoms with Crippen molar-refractivity contribution in [3.05, 3.63) is 18.1 Å². The van der Waals surface area contributed by atoms with Crippen molar-refractivity contribution in [2.45, 2.75) is 26.4 Å². The summed E-state index contributed by atoms with van der Waals surface area (Å²) < 4.78 is 4.97. The monoisotopic (exact) mass is 296 g/mol. The highest BCUT2D eigenvalue weighted by Gasteiger charge is 2.19. The maximum atomic E-state index is 11.4. The Morgan fingerprint density at radius 2 is 2.10 bits per heavy atom. The van der Waals surface area contributed by atoms with E-state index in [0.717, 1.165) is 0 Å². The average Bonchev–Trinajstić information content (AvgIpc) is 2.31. The molecule has 0 saturated carbocycles. The fourth-order valence-electron chi connectivity index (χ4n) is 1.18. The third-order valence-corrected chi connectivity index (χ3v) is 1.85. The van der Waals surface area contributed by atoms with Crippen molar-refractivity contribution in [1.29, 1.82) is 0 Å². The molecule has 0 aliphatic rings. The topological polar surface area (TPSA) is 137 Å². The van der Waals surface area contributed by atoms with E-state index in [1.165, 1.54) is 12.3 Å². The molecule has 1 aromatic heterocycles. The van der Waals surface area contributed by atoms with Crippen LogP contribution < -0.4 is 5.73 Å². The number of hydrogen-bond acceptors (Lipinski definition) is 8. The highest BCUT2D eigenvalue weighted by Crippen LogP contribution is 2.07. The van der Waals surface area contributed by atoms with Crippen LogP contribution in [-0.2, 0) is 19.2 Å². The molecule has 114 valence electrons. The fourth-order valence-corrected chi connectivity index (χ4v) is 1.18. The van der Waals surface area contributed by atoms with Crippen LogP contribution in [-0.4, -0.2) is 44.9 Å². The van der Waals surface area contributed by atoms with Gasteiger partial charge in [-0.15, -0.1) is 0 Å². The minimum absolute atomic E-state index is 0.0843. The largest absolute Gasteiger partial charge is 0.476 e. The van der Waals surface area contributed by atoms with Crippen molar-refractivity contribution in [1.82, 2.24) is 9.97 Å². The summed E-state index contributed by atoms with van der Waals surface area (Å²) in [7, 11) is 0. The summed E-state index contributed by atoms with van der Waals surface area (Å²) in [5, 5.41) is 12.4. The van der Waals surface area contributed by atoms with E-state index in [9.17, 15) is 9.59 Å². The smallest absolute Gasteiger partial charge is 0.361 e. The summed E-state index contributed by atoms with van der Waals surface area (Å²) in [5.74, 6) is -2.22. The molecule has 0 aromatic carbocycles. The van der Waals surface area contributed by atoms with Crippen LogP contribution in [0.5, 0.6) is 0 Å². The molecule has 0 aliphatic carbocycles. The van der Waals surface area contributed by atoms with E-state index in [0.29, 0.717) is 0 Å². The lowest BCUT2D eigenvalue weighted by Crippen LogP contribution is -2.26. The minimum Gasteiger partial charge on any atom is -0.476 e. The van der Waals surface area contributed by atoms with Gasteiger partial charge in [0.2, 0.25) is 12.3 Å². The van der Waals surface area contributed by atoms with Gasteiger partial charge in [0, 0.05) is 6.20 Å². The molecule has 0 atom stereocenters. The Balaban J connectivity index is 2.75. The van der Waals surface area contributed by atoms with Gasteiger partial charge < -0.3 is 20.4 Å². The predicted octanol–water partition coefficient (Wildman–Crippen LogP) is 0.206. The Morgan fingerprint density at radius 1 is 1.43 bits per heavy atom. The summed E-state index contributed by atoms with van der Waals surface area (Å²) in [6.45, 7) is 4.54. The van der Waals surface area contributed by atoms with E-state index < -0.39 is 29.9 Å². The number of aromatic nitrogens is 2. The molecule has 0 radical (unpaired) electrons. The number of carboxylic acids is 1. The van der Waals surface area contributed by atoms with Gasteiger partial charge in [0.25, 0.3) is 0 Å². The lowest BCUT2D eigenvalue weighted by Gasteiger charge is -2.18. The number of nitrogen functional groups attached to an aromatic ring is 1. The molecule has 0 amide bonds. The second-order valence-electron chi connectivity index (χ2n) is 4.91. The molecule has 1 heterocycles. The third-order valence-electron chi connectivity index (χ3n) is 1.85. The minimum atomic E-state index is -1.41. The van der Waals surface area contributed by atoms with Crippen molar-refractivity contribution in [3.8, 4) is 0 Å². The lowest BCUT2D eigenvalue weighted by molar-refractivity contribution is -0.160. The first-order valence-corrected chi connectivity index (χ1v) is 5.93. The molecule has 1 aromatic rings. The van der Waals surface area contributed by atoms with Gasteiger partial charge in [0.1, 0.15) is 11.4 Å². The molecule has 0 aliphatic heterocycles. The Kier molecular flexibility index (Phi) is 5.17.